The lowest BCUT2D eigenvalue weighted by Crippen LogP contribution is -2.33. The van der Waals surface area contributed by atoms with Gasteiger partial charge in [0.2, 0.25) is 11.8 Å². The molecule has 2 rings (SSSR count). The zero-order valence-electron chi connectivity index (χ0n) is 16.3. The average Bonchev–Trinajstić information content (AvgIpc) is 2.71. The molecule has 0 saturated carbocycles. The molecule has 7 nitrogen and oxygen atoms in total. The Hall–Kier alpha value is -3.32. The Balaban J connectivity index is 1.94. The highest BCUT2D eigenvalue weighted by molar-refractivity contribution is 6.31. The lowest BCUT2D eigenvalue weighted by molar-refractivity contribution is -0.129. The van der Waals surface area contributed by atoms with E-state index < -0.39 is 11.9 Å². The third kappa shape index (κ3) is 6.36. The number of methoxy groups -OCH3 is 2. The van der Waals surface area contributed by atoms with Gasteiger partial charge in [-0.05, 0) is 42.0 Å². The van der Waals surface area contributed by atoms with Crippen molar-refractivity contribution in [1.82, 2.24) is 4.90 Å². The van der Waals surface area contributed by atoms with Crippen molar-refractivity contribution in [2.24, 2.45) is 0 Å². The summed E-state index contributed by atoms with van der Waals surface area (Å²) in [6.45, 7) is -0.153. The number of amides is 2. The van der Waals surface area contributed by atoms with Gasteiger partial charge in [0.05, 0.1) is 32.0 Å². The van der Waals surface area contributed by atoms with Gasteiger partial charge in [-0.3, -0.25) is 9.59 Å². The van der Waals surface area contributed by atoms with Gasteiger partial charge in [0.25, 0.3) is 0 Å². The number of likely N-dealkylation sites (N-methyl/N-ethyl adjacent to an activating group) is 1. The van der Waals surface area contributed by atoms with Crippen molar-refractivity contribution < 1.29 is 23.9 Å². The van der Waals surface area contributed by atoms with E-state index in [1.54, 1.807) is 48.5 Å². The Morgan fingerprint density at radius 1 is 1.10 bits per heavy atom. The summed E-state index contributed by atoms with van der Waals surface area (Å²) in [6.07, 6.45) is 2.94. The summed E-state index contributed by atoms with van der Waals surface area (Å²) in [7, 11) is 4.31. The van der Waals surface area contributed by atoms with E-state index in [-0.39, 0.29) is 12.5 Å². The number of carbonyl (C=O) groups is 3. The van der Waals surface area contributed by atoms with Gasteiger partial charge in [0.1, 0.15) is 5.75 Å². The number of ether oxygens (including phenoxy) is 2. The summed E-state index contributed by atoms with van der Waals surface area (Å²) in [6, 6.07) is 11.4. The van der Waals surface area contributed by atoms with Crippen molar-refractivity contribution in [3.05, 3.63) is 64.7 Å². The fourth-order valence-electron chi connectivity index (χ4n) is 2.40. The molecule has 0 heterocycles. The molecule has 1 N–H and O–H groups in total. The Morgan fingerprint density at radius 2 is 1.79 bits per heavy atom. The molecule has 0 radical (unpaired) electrons. The molecule has 29 heavy (non-hydrogen) atoms. The maximum atomic E-state index is 12.2. The first-order valence-electron chi connectivity index (χ1n) is 8.59. The van der Waals surface area contributed by atoms with Crippen LogP contribution in [0.4, 0.5) is 5.69 Å². The zero-order valence-corrected chi connectivity index (χ0v) is 17.0. The second-order valence-corrected chi connectivity index (χ2v) is 6.47. The number of anilines is 1. The Bertz CT molecular complexity index is 925. The van der Waals surface area contributed by atoms with E-state index in [4.69, 9.17) is 16.3 Å². The second-order valence-electron chi connectivity index (χ2n) is 6.03. The monoisotopic (exact) mass is 416 g/mol. The Labute approximate surface area is 173 Å². The van der Waals surface area contributed by atoms with Gasteiger partial charge in [-0.2, -0.15) is 0 Å². The van der Waals surface area contributed by atoms with Gasteiger partial charge in [0, 0.05) is 18.1 Å². The number of carbonyl (C=O) groups excluding carboxylic acids is 3. The van der Waals surface area contributed by atoms with E-state index in [1.807, 2.05) is 0 Å². The zero-order chi connectivity index (χ0) is 21.4. The molecule has 0 bridgehead atoms. The molecule has 2 amide bonds. The molecule has 0 aliphatic carbocycles. The summed E-state index contributed by atoms with van der Waals surface area (Å²) in [5, 5.41) is 3.12. The normalized spacial score (nSPS) is 10.5. The molecule has 2 aromatic rings. The average molecular weight is 417 g/mol. The maximum absolute atomic E-state index is 12.2. The van der Waals surface area contributed by atoms with Crippen LogP contribution in [0.25, 0.3) is 6.08 Å². The van der Waals surface area contributed by atoms with Crippen LogP contribution in [0.1, 0.15) is 15.9 Å². The predicted molar refractivity (Wildman–Crippen MR) is 111 cm³/mol. The van der Waals surface area contributed by atoms with Crippen molar-refractivity contribution in [2.45, 2.75) is 0 Å². The number of hydrogen-bond donors (Lipinski definition) is 1. The van der Waals surface area contributed by atoms with Crippen LogP contribution in [-0.4, -0.2) is 50.5 Å². The minimum absolute atomic E-state index is 0.153. The smallest absolute Gasteiger partial charge is 0.337 e. The molecular formula is C21H21ClN2O5. The summed E-state index contributed by atoms with van der Waals surface area (Å²) in [5.41, 5.74) is 1.57. The van der Waals surface area contributed by atoms with E-state index in [2.05, 4.69) is 10.1 Å². The van der Waals surface area contributed by atoms with Gasteiger partial charge < -0.3 is 19.7 Å². The molecule has 8 heteroatoms. The highest BCUT2D eigenvalue weighted by Gasteiger charge is 2.13. The van der Waals surface area contributed by atoms with Crippen LogP contribution < -0.4 is 10.1 Å². The summed E-state index contributed by atoms with van der Waals surface area (Å²) in [4.78, 5) is 37.2. The van der Waals surface area contributed by atoms with Gasteiger partial charge in [-0.1, -0.05) is 23.7 Å². The van der Waals surface area contributed by atoms with Crippen LogP contribution in [0, 0.1) is 0 Å². The van der Waals surface area contributed by atoms with Crippen LogP contribution >= 0.6 is 11.6 Å². The number of nitrogens with zero attached hydrogens (tertiary/aromatic N) is 1. The molecule has 0 spiro atoms. The third-order valence-corrected chi connectivity index (χ3v) is 4.18. The van der Waals surface area contributed by atoms with Crippen molar-refractivity contribution in [3.8, 4) is 5.75 Å². The van der Waals surface area contributed by atoms with Crippen LogP contribution in [0.2, 0.25) is 5.02 Å². The van der Waals surface area contributed by atoms with E-state index in [0.717, 1.165) is 5.56 Å². The van der Waals surface area contributed by atoms with Crippen LogP contribution in [-0.2, 0) is 14.3 Å². The van der Waals surface area contributed by atoms with Gasteiger partial charge in [0.15, 0.2) is 0 Å². The third-order valence-electron chi connectivity index (χ3n) is 3.94. The molecule has 0 aromatic heterocycles. The molecule has 0 saturated heterocycles. The van der Waals surface area contributed by atoms with Crippen molar-refractivity contribution >= 4 is 41.1 Å². The Kier molecular flexibility index (Phi) is 7.79. The summed E-state index contributed by atoms with van der Waals surface area (Å²) < 4.78 is 9.81. The molecule has 0 fully saturated rings. The van der Waals surface area contributed by atoms with Crippen LogP contribution in [0.5, 0.6) is 5.75 Å². The number of benzene rings is 2. The van der Waals surface area contributed by atoms with E-state index in [0.29, 0.717) is 22.0 Å². The van der Waals surface area contributed by atoms with E-state index in [9.17, 15) is 14.4 Å². The highest BCUT2D eigenvalue weighted by atomic mass is 35.5. The lowest BCUT2D eigenvalue weighted by Gasteiger charge is -2.16. The maximum Gasteiger partial charge on any atom is 0.337 e. The number of hydrogen-bond acceptors (Lipinski definition) is 5. The summed E-state index contributed by atoms with van der Waals surface area (Å²) >= 11 is 5.94. The molecule has 0 unspecified atom stereocenters. The number of halogens is 1. The quantitative estimate of drug-likeness (QED) is 0.553. The topological polar surface area (TPSA) is 84.9 Å². The first kappa shape index (κ1) is 22.0. The van der Waals surface area contributed by atoms with Crippen molar-refractivity contribution in [2.75, 3.05) is 33.1 Å². The fourth-order valence-corrected chi connectivity index (χ4v) is 2.58. The standard InChI is InChI=1S/C21H21ClN2O5/c1-24(13-19(25)23-17-12-16(22)9-10-18(17)28-2)20(26)11-6-14-4-7-15(8-5-14)21(27)29-3/h4-12H,13H2,1-3H3,(H,23,25)/b11-6+. The first-order chi connectivity index (χ1) is 13.8. The fraction of sp³-hybridized carbons (Fsp3) is 0.190. The first-order valence-corrected chi connectivity index (χ1v) is 8.96. The van der Waals surface area contributed by atoms with E-state index >= 15 is 0 Å². The number of rotatable bonds is 7. The minimum atomic E-state index is -0.432. The van der Waals surface area contributed by atoms with Crippen LogP contribution in [0.3, 0.4) is 0 Å². The molecular weight excluding hydrogens is 396 g/mol. The second kappa shape index (κ2) is 10.3. The summed E-state index contributed by atoms with van der Waals surface area (Å²) in [5.74, 6) is -0.710. The van der Waals surface area contributed by atoms with Crippen LogP contribution in [0.15, 0.2) is 48.5 Å². The molecule has 2 aromatic carbocycles. The molecule has 152 valence electrons. The minimum Gasteiger partial charge on any atom is -0.495 e. The van der Waals surface area contributed by atoms with Crippen molar-refractivity contribution in [1.29, 1.82) is 0 Å². The van der Waals surface area contributed by atoms with Gasteiger partial charge in [-0.15, -0.1) is 0 Å². The SMILES string of the molecule is COC(=O)c1ccc(/C=C/C(=O)N(C)CC(=O)Nc2cc(Cl)ccc2OC)cc1. The predicted octanol–water partition coefficient (Wildman–Crippen LogP) is 3.25. The lowest BCUT2D eigenvalue weighted by atomic mass is 10.1. The van der Waals surface area contributed by atoms with Gasteiger partial charge >= 0.3 is 5.97 Å². The number of nitrogens with one attached hydrogen (secondary N) is 1. The molecule has 0 atom stereocenters. The largest absolute Gasteiger partial charge is 0.495 e. The molecule has 0 aliphatic heterocycles. The molecule has 0 aliphatic rings. The van der Waals surface area contributed by atoms with Gasteiger partial charge in [-0.25, -0.2) is 4.79 Å². The van der Waals surface area contributed by atoms with Crippen molar-refractivity contribution in [3.63, 3.8) is 0 Å². The highest BCUT2D eigenvalue weighted by Crippen LogP contribution is 2.27. The Morgan fingerprint density at radius 3 is 2.41 bits per heavy atom. The van der Waals surface area contributed by atoms with E-state index in [1.165, 1.54) is 32.2 Å². The number of esters is 1.